The second-order valence-electron chi connectivity index (χ2n) is 3.26. The molecule has 1 rings (SSSR count). The predicted octanol–water partition coefficient (Wildman–Crippen LogP) is 3.77. The van der Waals surface area contributed by atoms with Crippen molar-refractivity contribution in [1.82, 2.24) is 0 Å². The van der Waals surface area contributed by atoms with Crippen molar-refractivity contribution in [2.24, 2.45) is 0 Å². The zero-order valence-electron chi connectivity index (χ0n) is 9.03. The Labute approximate surface area is 107 Å². The molecule has 0 saturated carbocycles. The Bertz CT molecular complexity index is 436. The van der Waals surface area contributed by atoms with Gasteiger partial charge in [0.05, 0.1) is 16.7 Å². The Kier molecular flexibility index (Phi) is 5.15. The van der Waals surface area contributed by atoms with Gasteiger partial charge in [0, 0.05) is 6.42 Å². The third kappa shape index (κ3) is 3.54. The molecule has 1 aromatic rings. The van der Waals surface area contributed by atoms with E-state index >= 15 is 0 Å². The first-order chi connectivity index (χ1) is 7.97. The quantitative estimate of drug-likeness (QED) is 0.477. The lowest BCUT2D eigenvalue weighted by molar-refractivity contribution is -0.143. The first-order valence-electron chi connectivity index (χ1n) is 4.94. The first-order valence-corrected chi connectivity index (χ1v) is 5.70. The van der Waals surface area contributed by atoms with E-state index in [9.17, 15) is 13.6 Å². The van der Waals surface area contributed by atoms with Crippen LogP contribution in [-0.2, 0) is 16.0 Å². The second-order valence-corrected chi connectivity index (χ2v) is 4.02. The number of carbonyl (C=O) groups is 1. The van der Waals surface area contributed by atoms with E-state index in [1.54, 1.807) is 6.92 Å². The molecule has 0 aliphatic carbocycles. The Hall–Kier alpha value is -0.870. The van der Waals surface area contributed by atoms with Crippen LogP contribution in [0.2, 0.25) is 10.0 Å². The molecule has 6 heteroatoms. The molecule has 0 fully saturated rings. The number of benzene rings is 1. The molecular weight excluding hydrogens is 273 g/mol. The molecule has 2 nitrogen and oxygen atoms in total. The molecule has 1 aromatic carbocycles. The number of rotatable bonds is 4. The number of halogens is 4. The number of hydrogen-bond acceptors (Lipinski definition) is 2. The van der Waals surface area contributed by atoms with E-state index < -0.39 is 22.6 Å². The molecule has 0 amide bonds. The highest BCUT2D eigenvalue weighted by Crippen LogP contribution is 2.31. The van der Waals surface area contributed by atoms with Crippen LogP contribution in [0.5, 0.6) is 0 Å². The Balaban J connectivity index is 2.82. The van der Waals surface area contributed by atoms with Crippen LogP contribution in [0.15, 0.2) is 6.07 Å². The highest BCUT2D eigenvalue weighted by molar-refractivity contribution is 6.42. The third-order valence-electron chi connectivity index (χ3n) is 2.08. The van der Waals surface area contributed by atoms with Crippen molar-refractivity contribution in [1.29, 1.82) is 0 Å². The lowest BCUT2D eigenvalue weighted by Crippen LogP contribution is -2.06. The topological polar surface area (TPSA) is 26.3 Å². The molecule has 0 N–H and O–H groups in total. The zero-order chi connectivity index (χ0) is 13.0. The van der Waals surface area contributed by atoms with Crippen LogP contribution in [0.1, 0.15) is 18.9 Å². The summed E-state index contributed by atoms with van der Waals surface area (Å²) in [5, 5.41) is -0.541. The van der Waals surface area contributed by atoms with Crippen molar-refractivity contribution in [2.75, 3.05) is 6.61 Å². The van der Waals surface area contributed by atoms with Crippen LogP contribution in [-0.4, -0.2) is 12.6 Å². The highest BCUT2D eigenvalue weighted by atomic mass is 35.5. The van der Waals surface area contributed by atoms with Crippen LogP contribution in [0.3, 0.4) is 0 Å². The van der Waals surface area contributed by atoms with Gasteiger partial charge in [-0.2, -0.15) is 0 Å². The van der Waals surface area contributed by atoms with Gasteiger partial charge in [-0.25, -0.2) is 8.78 Å². The van der Waals surface area contributed by atoms with Crippen molar-refractivity contribution in [2.45, 2.75) is 19.8 Å². The van der Waals surface area contributed by atoms with E-state index in [1.807, 2.05) is 0 Å². The SMILES string of the molecule is CCOC(=O)CCc1cc(F)c(F)c(Cl)c1Cl. The van der Waals surface area contributed by atoms with E-state index in [0.717, 1.165) is 6.07 Å². The summed E-state index contributed by atoms with van der Waals surface area (Å²) in [6.45, 7) is 1.95. The summed E-state index contributed by atoms with van der Waals surface area (Å²) in [6, 6.07) is 0.933. The fourth-order valence-electron chi connectivity index (χ4n) is 1.27. The van der Waals surface area contributed by atoms with Gasteiger partial charge in [-0.15, -0.1) is 0 Å². The molecule has 0 aromatic heterocycles. The van der Waals surface area contributed by atoms with Gasteiger partial charge in [-0.05, 0) is 25.0 Å². The third-order valence-corrected chi connectivity index (χ3v) is 2.97. The molecule has 0 aliphatic heterocycles. The van der Waals surface area contributed by atoms with Crippen molar-refractivity contribution < 1.29 is 18.3 Å². The van der Waals surface area contributed by atoms with E-state index in [-0.39, 0.29) is 30.0 Å². The van der Waals surface area contributed by atoms with Gasteiger partial charge in [0.2, 0.25) is 0 Å². The summed E-state index contributed by atoms with van der Waals surface area (Å²) < 4.78 is 30.8. The summed E-state index contributed by atoms with van der Waals surface area (Å²) in [7, 11) is 0. The van der Waals surface area contributed by atoms with Crippen LogP contribution < -0.4 is 0 Å². The fourth-order valence-corrected chi connectivity index (χ4v) is 1.72. The minimum absolute atomic E-state index is 0.0367. The van der Waals surface area contributed by atoms with E-state index in [0.29, 0.717) is 0 Å². The van der Waals surface area contributed by atoms with Crippen molar-refractivity contribution >= 4 is 29.2 Å². The maximum Gasteiger partial charge on any atom is 0.306 e. The Morgan fingerprint density at radius 2 is 2.00 bits per heavy atom. The summed E-state index contributed by atoms with van der Waals surface area (Å²) in [6.07, 6.45) is 0.184. The van der Waals surface area contributed by atoms with Gasteiger partial charge in [-0.3, -0.25) is 4.79 Å². The van der Waals surface area contributed by atoms with Crippen LogP contribution in [0, 0.1) is 11.6 Å². The van der Waals surface area contributed by atoms with Gasteiger partial charge in [-0.1, -0.05) is 23.2 Å². The molecule has 17 heavy (non-hydrogen) atoms. The number of esters is 1. The largest absolute Gasteiger partial charge is 0.466 e. The Morgan fingerprint density at radius 1 is 1.35 bits per heavy atom. The maximum atomic E-state index is 13.1. The number of carbonyl (C=O) groups excluding carboxylic acids is 1. The van der Waals surface area contributed by atoms with Gasteiger partial charge in [0.1, 0.15) is 0 Å². The van der Waals surface area contributed by atoms with Gasteiger partial charge in [0.25, 0.3) is 0 Å². The molecule has 0 spiro atoms. The van der Waals surface area contributed by atoms with Crippen LogP contribution in [0.4, 0.5) is 8.78 Å². The smallest absolute Gasteiger partial charge is 0.306 e. The van der Waals surface area contributed by atoms with Gasteiger partial charge >= 0.3 is 5.97 Å². The Morgan fingerprint density at radius 3 is 2.59 bits per heavy atom. The molecule has 0 atom stereocenters. The van der Waals surface area contributed by atoms with E-state index in [4.69, 9.17) is 27.9 Å². The summed E-state index contributed by atoms with van der Waals surface area (Å²) in [5.41, 5.74) is 0.281. The molecule has 0 saturated heterocycles. The summed E-state index contributed by atoms with van der Waals surface area (Å²) in [5.74, 6) is -2.70. The number of aryl methyl sites for hydroxylation is 1. The molecule has 94 valence electrons. The minimum atomic E-state index is -1.18. The predicted molar refractivity (Wildman–Crippen MR) is 61.3 cm³/mol. The lowest BCUT2D eigenvalue weighted by Gasteiger charge is -2.07. The normalized spacial score (nSPS) is 10.4. The summed E-state index contributed by atoms with van der Waals surface area (Å²) in [4.78, 5) is 11.1. The monoisotopic (exact) mass is 282 g/mol. The zero-order valence-corrected chi connectivity index (χ0v) is 10.5. The van der Waals surface area contributed by atoms with E-state index in [1.165, 1.54) is 0 Å². The highest BCUT2D eigenvalue weighted by Gasteiger charge is 2.16. The molecule has 0 unspecified atom stereocenters. The molecular formula is C11H10Cl2F2O2. The first kappa shape index (κ1) is 14.2. The average molecular weight is 283 g/mol. The second kappa shape index (κ2) is 6.17. The van der Waals surface area contributed by atoms with Crippen LogP contribution >= 0.6 is 23.2 Å². The van der Waals surface area contributed by atoms with E-state index in [2.05, 4.69) is 0 Å². The standard InChI is InChI=1S/C11H10Cl2F2O2/c1-2-17-8(16)4-3-6-5-7(14)11(15)10(13)9(6)12/h5H,2-4H2,1H3. The molecule has 0 radical (unpaired) electrons. The van der Waals surface area contributed by atoms with Crippen molar-refractivity contribution in [3.8, 4) is 0 Å². The molecule has 0 heterocycles. The molecule has 0 aliphatic rings. The summed E-state index contributed by atoms with van der Waals surface area (Å²) >= 11 is 11.2. The van der Waals surface area contributed by atoms with Gasteiger partial charge in [0.15, 0.2) is 11.6 Å². The van der Waals surface area contributed by atoms with Crippen molar-refractivity contribution in [3.05, 3.63) is 33.3 Å². The number of hydrogen-bond donors (Lipinski definition) is 0. The minimum Gasteiger partial charge on any atom is -0.466 e. The fraction of sp³-hybridized carbons (Fsp3) is 0.364. The molecule has 0 bridgehead atoms. The maximum absolute atomic E-state index is 13.1. The average Bonchev–Trinajstić information content (AvgIpc) is 2.30. The van der Waals surface area contributed by atoms with Crippen LogP contribution in [0.25, 0.3) is 0 Å². The lowest BCUT2D eigenvalue weighted by atomic mass is 10.1. The van der Waals surface area contributed by atoms with Gasteiger partial charge < -0.3 is 4.74 Å². The number of ether oxygens (including phenoxy) is 1. The van der Waals surface area contributed by atoms with Crippen molar-refractivity contribution in [3.63, 3.8) is 0 Å².